The topological polar surface area (TPSA) is 78.1 Å². The molecule has 1 aliphatic rings. The number of carbonyl (C=O) groups is 2. The van der Waals surface area contributed by atoms with Gasteiger partial charge in [-0.15, -0.1) is 0 Å². The van der Waals surface area contributed by atoms with Crippen LogP contribution in [0, 0.1) is 5.92 Å². The second-order valence-electron chi connectivity index (χ2n) is 5.75. The molecule has 0 aliphatic carbocycles. The number of aromatic amines is 1. The van der Waals surface area contributed by atoms with Gasteiger partial charge >= 0.3 is 0 Å². The van der Waals surface area contributed by atoms with Crippen LogP contribution in [0.25, 0.3) is 0 Å². The van der Waals surface area contributed by atoms with Gasteiger partial charge in [-0.3, -0.25) is 9.59 Å². The zero-order valence-electron chi connectivity index (χ0n) is 12.3. The molecule has 0 aromatic carbocycles. The van der Waals surface area contributed by atoms with Crippen molar-refractivity contribution >= 4 is 11.8 Å². The van der Waals surface area contributed by atoms with Crippen molar-refractivity contribution in [1.82, 2.24) is 20.2 Å². The second-order valence-corrected chi connectivity index (χ2v) is 5.75. The molecule has 2 N–H and O–H groups in total. The monoisotopic (exact) mass is 278 g/mol. The highest BCUT2D eigenvalue weighted by Crippen LogP contribution is 2.18. The third kappa shape index (κ3) is 3.18. The average Bonchev–Trinajstić information content (AvgIpc) is 2.86. The second kappa shape index (κ2) is 6.07. The van der Waals surface area contributed by atoms with E-state index in [1.165, 1.54) is 6.33 Å². The fourth-order valence-corrected chi connectivity index (χ4v) is 2.49. The van der Waals surface area contributed by atoms with Gasteiger partial charge in [-0.25, -0.2) is 4.98 Å². The Balaban J connectivity index is 2.14. The number of nitrogens with zero attached hydrogens (tertiary/aromatic N) is 2. The minimum absolute atomic E-state index is 0.0113. The lowest BCUT2D eigenvalue weighted by Gasteiger charge is -2.30. The van der Waals surface area contributed by atoms with Gasteiger partial charge in [-0.2, -0.15) is 0 Å². The summed E-state index contributed by atoms with van der Waals surface area (Å²) in [6.45, 7) is 7.37. The van der Waals surface area contributed by atoms with E-state index in [-0.39, 0.29) is 29.2 Å². The van der Waals surface area contributed by atoms with Gasteiger partial charge in [0.15, 0.2) is 5.69 Å². The maximum Gasteiger partial charge on any atom is 0.272 e. The van der Waals surface area contributed by atoms with E-state index < -0.39 is 0 Å². The van der Waals surface area contributed by atoms with Crippen molar-refractivity contribution in [2.24, 2.45) is 5.92 Å². The molecule has 110 valence electrons. The van der Waals surface area contributed by atoms with Crippen LogP contribution in [0.4, 0.5) is 0 Å². The molecular weight excluding hydrogens is 256 g/mol. The van der Waals surface area contributed by atoms with Gasteiger partial charge in [0.25, 0.3) is 11.8 Å². The highest BCUT2D eigenvalue weighted by Gasteiger charge is 2.27. The molecule has 1 aromatic rings. The number of H-pyrrole nitrogens is 1. The van der Waals surface area contributed by atoms with Crippen molar-refractivity contribution in [3.8, 4) is 0 Å². The number of carbonyl (C=O) groups excluding carboxylic acids is 2. The average molecular weight is 278 g/mol. The lowest BCUT2D eigenvalue weighted by Crippen LogP contribution is -2.40. The number of likely N-dealkylation sites (tertiary alicyclic amines) is 1. The number of nitrogens with one attached hydrogen (secondary N) is 2. The molecule has 2 heterocycles. The molecule has 2 rings (SSSR count). The first-order chi connectivity index (χ1) is 9.49. The maximum atomic E-state index is 12.5. The van der Waals surface area contributed by atoms with Gasteiger partial charge in [0.1, 0.15) is 5.69 Å². The largest absolute Gasteiger partial charge is 0.348 e. The third-order valence-electron chi connectivity index (χ3n) is 3.43. The Morgan fingerprint density at radius 3 is 2.90 bits per heavy atom. The van der Waals surface area contributed by atoms with Gasteiger partial charge in [0.05, 0.1) is 6.33 Å². The minimum atomic E-state index is -0.311. The predicted molar refractivity (Wildman–Crippen MR) is 75.5 cm³/mol. The van der Waals surface area contributed by atoms with Crippen LogP contribution < -0.4 is 5.32 Å². The molecule has 6 nitrogen and oxygen atoms in total. The van der Waals surface area contributed by atoms with Gasteiger partial charge in [-0.1, -0.05) is 6.92 Å². The van der Waals surface area contributed by atoms with Gasteiger partial charge in [-0.05, 0) is 32.6 Å². The summed E-state index contributed by atoms with van der Waals surface area (Å²) in [4.78, 5) is 33.1. The summed E-state index contributed by atoms with van der Waals surface area (Å²) < 4.78 is 0. The van der Waals surface area contributed by atoms with Gasteiger partial charge < -0.3 is 15.2 Å². The summed E-state index contributed by atoms with van der Waals surface area (Å²) in [7, 11) is 0. The summed E-state index contributed by atoms with van der Waals surface area (Å²) in [5.41, 5.74) is 0.471. The van der Waals surface area contributed by atoms with Crippen LogP contribution in [0.5, 0.6) is 0 Å². The maximum absolute atomic E-state index is 12.5. The summed E-state index contributed by atoms with van der Waals surface area (Å²) in [6, 6.07) is 0.0113. The fourth-order valence-electron chi connectivity index (χ4n) is 2.49. The summed E-state index contributed by atoms with van der Waals surface area (Å²) in [6.07, 6.45) is 3.55. The molecule has 1 saturated heterocycles. The Morgan fingerprint density at radius 2 is 2.25 bits per heavy atom. The van der Waals surface area contributed by atoms with E-state index >= 15 is 0 Å². The molecule has 0 radical (unpaired) electrons. The lowest BCUT2D eigenvalue weighted by atomic mass is 10.00. The third-order valence-corrected chi connectivity index (χ3v) is 3.43. The molecule has 1 unspecified atom stereocenters. The summed E-state index contributed by atoms with van der Waals surface area (Å²) >= 11 is 0. The molecule has 0 spiro atoms. The first-order valence-corrected chi connectivity index (χ1v) is 7.12. The van der Waals surface area contributed by atoms with Crippen molar-refractivity contribution in [2.45, 2.75) is 39.7 Å². The first kappa shape index (κ1) is 14.6. The first-order valence-electron chi connectivity index (χ1n) is 7.12. The van der Waals surface area contributed by atoms with Crippen LogP contribution in [-0.4, -0.2) is 45.8 Å². The SMILES string of the molecule is CC1CCCN(C(=O)c2[nH]cnc2C(=O)NC(C)C)C1. The Labute approximate surface area is 119 Å². The summed E-state index contributed by atoms with van der Waals surface area (Å²) in [5, 5.41) is 2.76. The van der Waals surface area contributed by atoms with Crippen LogP contribution in [-0.2, 0) is 0 Å². The van der Waals surface area contributed by atoms with E-state index in [1.54, 1.807) is 4.90 Å². The molecule has 1 aromatic heterocycles. The normalized spacial score (nSPS) is 19.2. The zero-order chi connectivity index (χ0) is 14.7. The molecule has 20 heavy (non-hydrogen) atoms. The number of imidazole rings is 1. The van der Waals surface area contributed by atoms with E-state index in [4.69, 9.17) is 0 Å². The van der Waals surface area contributed by atoms with Crippen LogP contribution in [0.15, 0.2) is 6.33 Å². The van der Waals surface area contributed by atoms with E-state index in [0.717, 1.165) is 25.9 Å². The van der Waals surface area contributed by atoms with Crippen molar-refractivity contribution < 1.29 is 9.59 Å². The fraction of sp³-hybridized carbons (Fsp3) is 0.643. The number of aromatic nitrogens is 2. The Kier molecular flexibility index (Phi) is 4.42. The van der Waals surface area contributed by atoms with E-state index in [2.05, 4.69) is 22.2 Å². The Hall–Kier alpha value is -1.85. The van der Waals surface area contributed by atoms with E-state index in [9.17, 15) is 9.59 Å². The molecule has 2 amide bonds. The number of piperidine rings is 1. The molecule has 0 saturated carbocycles. The Morgan fingerprint density at radius 1 is 1.50 bits per heavy atom. The molecule has 6 heteroatoms. The number of hydrogen-bond acceptors (Lipinski definition) is 3. The molecule has 1 atom stereocenters. The molecule has 1 aliphatic heterocycles. The van der Waals surface area contributed by atoms with Crippen molar-refractivity contribution in [3.63, 3.8) is 0 Å². The molecule has 0 bridgehead atoms. The zero-order valence-corrected chi connectivity index (χ0v) is 12.3. The van der Waals surface area contributed by atoms with Crippen molar-refractivity contribution in [3.05, 3.63) is 17.7 Å². The van der Waals surface area contributed by atoms with Crippen LogP contribution in [0.2, 0.25) is 0 Å². The van der Waals surface area contributed by atoms with Gasteiger partial charge in [0.2, 0.25) is 0 Å². The minimum Gasteiger partial charge on any atom is -0.348 e. The van der Waals surface area contributed by atoms with Crippen molar-refractivity contribution in [1.29, 1.82) is 0 Å². The standard InChI is InChI=1S/C14H22N4O2/c1-9(2)17-13(19)11-12(16-8-15-11)14(20)18-6-4-5-10(3)7-18/h8-10H,4-7H2,1-3H3,(H,15,16)(H,17,19). The van der Waals surface area contributed by atoms with Gasteiger partial charge in [0, 0.05) is 19.1 Å². The number of hydrogen-bond donors (Lipinski definition) is 2. The molecular formula is C14H22N4O2. The summed E-state index contributed by atoms with van der Waals surface area (Å²) in [5.74, 6) is 0.0566. The number of amides is 2. The van der Waals surface area contributed by atoms with Crippen LogP contribution >= 0.6 is 0 Å². The smallest absolute Gasteiger partial charge is 0.272 e. The quantitative estimate of drug-likeness (QED) is 0.877. The predicted octanol–water partition coefficient (Wildman–Crippen LogP) is 1.42. The molecule has 1 fully saturated rings. The van der Waals surface area contributed by atoms with E-state index in [0.29, 0.717) is 5.92 Å². The number of rotatable bonds is 3. The Bertz CT molecular complexity index is 495. The van der Waals surface area contributed by atoms with Crippen LogP contribution in [0.3, 0.4) is 0 Å². The highest BCUT2D eigenvalue weighted by molar-refractivity contribution is 6.04. The lowest BCUT2D eigenvalue weighted by molar-refractivity contribution is 0.0672. The highest BCUT2D eigenvalue weighted by atomic mass is 16.2. The van der Waals surface area contributed by atoms with E-state index in [1.807, 2.05) is 13.8 Å². The van der Waals surface area contributed by atoms with Crippen molar-refractivity contribution in [2.75, 3.05) is 13.1 Å². The van der Waals surface area contributed by atoms with Crippen LogP contribution in [0.1, 0.15) is 54.6 Å².